The highest BCUT2D eigenvalue weighted by Crippen LogP contribution is 2.27. The quantitative estimate of drug-likeness (QED) is 0.442. The van der Waals surface area contributed by atoms with Crippen molar-refractivity contribution in [1.29, 1.82) is 0 Å². The molecule has 0 aliphatic heterocycles. The molecule has 0 amide bonds. The molecule has 0 radical (unpaired) electrons. The standard InChI is InChI=1S/C9H11NO3S/c1-12-7-4-6(10)8(14)3-5(7)9(11)13-2/h3-4,14H,10H2,1-2H3. The zero-order valence-electron chi connectivity index (χ0n) is 7.90. The van der Waals surface area contributed by atoms with E-state index in [9.17, 15) is 4.79 Å². The maximum absolute atomic E-state index is 11.3. The summed E-state index contributed by atoms with van der Waals surface area (Å²) in [5.41, 5.74) is 6.37. The third kappa shape index (κ3) is 1.93. The largest absolute Gasteiger partial charge is 0.496 e. The maximum atomic E-state index is 11.3. The van der Waals surface area contributed by atoms with Crippen LogP contribution in [0.4, 0.5) is 5.69 Å². The smallest absolute Gasteiger partial charge is 0.341 e. The lowest BCUT2D eigenvalue weighted by Crippen LogP contribution is -2.05. The Bertz CT molecular complexity index is 365. The van der Waals surface area contributed by atoms with E-state index >= 15 is 0 Å². The molecule has 4 nitrogen and oxygen atoms in total. The van der Waals surface area contributed by atoms with Crippen LogP contribution >= 0.6 is 12.6 Å². The first-order chi connectivity index (χ1) is 6.60. The maximum Gasteiger partial charge on any atom is 0.341 e. The van der Waals surface area contributed by atoms with E-state index in [4.69, 9.17) is 10.5 Å². The van der Waals surface area contributed by atoms with Gasteiger partial charge in [0.25, 0.3) is 0 Å². The van der Waals surface area contributed by atoms with Gasteiger partial charge in [-0.3, -0.25) is 0 Å². The van der Waals surface area contributed by atoms with E-state index in [2.05, 4.69) is 17.4 Å². The van der Waals surface area contributed by atoms with E-state index in [-0.39, 0.29) is 0 Å². The lowest BCUT2D eigenvalue weighted by Gasteiger charge is -2.09. The second kappa shape index (κ2) is 4.23. The van der Waals surface area contributed by atoms with Crippen LogP contribution in [0.1, 0.15) is 10.4 Å². The van der Waals surface area contributed by atoms with E-state index < -0.39 is 5.97 Å². The van der Waals surface area contributed by atoms with Crippen molar-refractivity contribution in [3.63, 3.8) is 0 Å². The lowest BCUT2D eigenvalue weighted by atomic mass is 10.2. The molecule has 0 aromatic heterocycles. The van der Waals surface area contributed by atoms with Crippen molar-refractivity contribution < 1.29 is 14.3 Å². The first-order valence-electron chi connectivity index (χ1n) is 3.85. The number of anilines is 1. The molecule has 14 heavy (non-hydrogen) atoms. The molecule has 0 heterocycles. The average Bonchev–Trinajstić information content (AvgIpc) is 2.20. The van der Waals surface area contributed by atoms with E-state index in [1.807, 2.05) is 0 Å². The number of carbonyl (C=O) groups is 1. The second-order valence-corrected chi connectivity index (χ2v) is 3.08. The molecule has 0 atom stereocenters. The highest BCUT2D eigenvalue weighted by Gasteiger charge is 2.14. The number of nitrogens with two attached hydrogens (primary N) is 1. The highest BCUT2D eigenvalue weighted by molar-refractivity contribution is 7.80. The molecule has 2 N–H and O–H groups in total. The van der Waals surface area contributed by atoms with E-state index in [1.54, 1.807) is 0 Å². The molecule has 1 aromatic carbocycles. The molecule has 0 saturated heterocycles. The van der Waals surface area contributed by atoms with Crippen molar-refractivity contribution in [1.82, 2.24) is 0 Å². The van der Waals surface area contributed by atoms with Gasteiger partial charge in [-0.15, -0.1) is 12.6 Å². The minimum atomic E-state index is -0.475. The summed E-state index contributed by atoms with van der Waals surface area (Å²) in [4.78, 5) is 11.8. The van der Waals surface area contributed by atoms with Crippen molar-refractivity contribution in [3.05, 3.63) is 17.7 Å². The van der Waals surface area contributed by atoms with E-state index in [0.29, 0.717) is 21.9 Å². The van der Waals surface area contributed by atoms with Gasteiger partial charge in [0.15, 0.2) is 0 Å². The molecule has 1 rings (SSSR count). The molecule has 76 valence electrons. The summed E-state index contributed by atoms with van der Waals surface area (Å²) in [5, 5.41) is 0. The molecular formula is C9H11NO3S. The third-order valence-electron chi connectivity index (χ3n) is 1.75. The first kappa shape index (κ1) is 10.7. The predicted octanol–water partition coefficient (Wildman–Crippen LogP) is 1.35. The molecule has 0 unspecified atom stereocenters. The molecule has 1 aromatic rings. The zero-order valence-corrected chi connectivity index (χ0v) is 8.80. The Morgan fingerprint density at radius 2 is 2.07 bits per heavy atom. The number of carbonyl (C=O) groups excluding carboxylic acids is 1. The van der Waals surface area contributed by atoms with Gasteiger partial charge in [-0.25, -0.2) is 4.79 Å². The van der Waals surface area contributed by atoms with Crippen LogP contribution in [0, 0.1) is 0 Å². The fraction of sp³-hybridized carbons (Fsp3) is 0.222. The van der Waals surface area contributed by atoms with Crippen LogP contribution in [0.3, 0.4) is 0 Å². The van der Waals surface area contributed by atoms with Gasteiger partial charge in [0.1, 0.15) is 11.3 Å². The number of hydrogen-bond donors (Lipinski definition) is 2. The van der Waals surface area contributed by atoms with Gasteiger partial charge in [-0.05, 0) is 6.07 Å². The van der Waals surface area contributed by atoms with Gasteiger partial charge in [0, 0.05) is 16.6 Å². The fourth-order valence-corrected chi connectivity index (χ4v) is 1.22. The number of esters is 1. The number of benzene rings is 1. The monoisotopic (exact) mass is 213 g/mol. The molecule has 0 fully saturated rings. The normalized spacial score (nSPS) is 9.64. The van der Waals surface area contributed by atoms with Crippen molar-refractivity contribution in [2.75, 3.05) is 20.0 Å². The summed E-state index contributed by atoms with van der Waals surface area (Å²) < 4.78 is 9.57. The Morgan fingerprint density at radius 1 is 1.43 bits per heavy atom. The number of thiol groups is 1. The topological polar surface area (TPSA) is 61.5 Å². The minimum absolute atomic E-state index is 0.314. The predicted molar refractivity (Wildman–Crippen MR) is 56.0 cm³/mol. The number of ether oxygens (including phenoxy) is 2. The van der Waals surface area contributed by atoms with Gasteiger partial charge in [0.2, 0.25) is 0 Å². The summed E-state index contributed by atoms with van der Waals surface area (Å²) in [6.07, 6.45) is 0. The van der Waals surface area contributed by atoms with Crippen molar-refractivity contribution in [3.8, 4) is 5.75 Å². The number of methoxy groups -OCH3 is 2. The van der Waals surface area contributed by atoms with Crippen LogP contribution in [-0.4, -0.2) is 20.2 Å². The summed E-state index contributed by atoms with van der Waals surface area (Å²) in [6.45, 7) is 0. The van der Waals surface area contributed by atoms with E-state index in [0.717, 1.165) is 0 Å². The summed E-state index contributed by atoms with van der Waals surface area (Å²) >= 11 is 4.10. The fourth-order valence-electron chi connectivity index (χ4n) is 1.02. The molecular weight excluding hydrogens is 202 g/mol. The molecule has 0 aliphatic carbocycles. The second-order valence-electron chi connectivity index (χ2n) is 2.60. The third-order valence-corrected chi connectivity index (χ3v) is 2.14. The lowest BCUT2D eigenvalue weighted by molar-refractivity contribution is 0.0597. The average molecular weight is 213 g/mol. The van der Waals surface area contributed by atoms with Gasteiger partial charge >= 0.3 is 5.97 Å². The summed E-state index contributed by atoms with van der Waals surface area (Å²) in [7, 11) is 2.76. The number of rotatable bonds is 2. The van der Waals surface area contributed by atoms with Crippen LogP contribution in [0.2, 0.25) is 0 Å². The first-order valence-corrected chi connectivity index (χ1v) is 4.29. The van der Waals surface area contributed by atoms with Gasteiger partial charge in [-0.1, -0.05) is 0 Å². The van der Waals surface area contributed by atoms with Crippen LogP contribution in [0.25, 0.3) is 0 Å². The van der Waals surface area contributed by atoms with Crippen LogP contribution < -0.4 is 10.5 Å². The van der Waals surface area contributed by atoms with Crippen LogP contribution in [0.15, 0.2) is 17.0 Å². The Balaban J connectivity index is 3.27. The number of hydrogen-bond acceptors (Lipinski definition) is 5. The Morgan fingerprint density at radius 3 is 2.57 bits per heavy atom. The summed E-state index contributed by atoms with van der Waals surface area (Å²) in [6, 6.07) is 3.05. The zero-order chi connectivity index (χ0) is 10.7. The molecule has 0 aliphatic rings. The summed E-state index contributed by atoms with van der Waals surface area (Å²) in [5.74, 6) is -0.0932. The van der Waals surface area contributed by atoms with Gasteiger partial charge in [0.05, 0.1) is 14.2 Å². The van der Waals surface area contributed by atoms with Crippen molar-refractivity contribution in [2.45, 2.75) is 4.90 Å². The van der Waals surface area contributed by atoms with Gasteiger partial charge < -0.3 is 15.2 Å². The molecule has 0 spiro atoms. The highest BCUT2D eigenvalue weighted by atomic mass is 32.1. The SMILES string of the molecule is COC(=O)c1cc(S)c(N)cc1OC. The molecule has 0 saturated carbocycles. The molecule has 0 bridgehead atoms. The van der Waals surface area contributed by atoms with Crippen LogP contribution in [-0.2, 0) is 4.74 Å². The molecule has 5 heteroatoms. The number of nitrogen functional groups attached to an aromatic ring is 1. The Kier molecular flexibility index (Phi) is 3.24. The van der Waals surface area contributed by atoms with Crippen LogP contribution in [0.5, 0.6) is 5.75 Å². The van der Waals surface area contributed by atoms with Gasteiger partial charge in [-0.2, -0.15) is 0 Å². The van der Waals surface area contributed by atoms with E-state index in [1.165, 1.54) is 26.4 Å². The minimum Gasteiger partial charge on any atom is -0.496 e. The van der Waals surface area contributed by atoms with Crippen molar-refractivity contribution >= 4 is 24.3 Å². The Labute approximate surface area is 87.4 Å². The Hall–Kier alpha value is -1.36. The van der Waals surface area contributed by atoms with Crippen molar-refractivity contribution in [2.24, 2.45) is 0 Å².